The number of hydrogen-bond acceptors (Lipinski definition) is 5. The SMILES string of the molecule is CCON(OCC)c1ccc(N2CCOCC2)cc1. The van der Waals surface area contributed by atoms with Crippen molar-refractivity contribution < 1.29 is 14.4 Å². The third-order valence-corrected chi connectivity index (χ3v) is 2.93. The van der Waals surface area contributed by atoms with Gasteiger partial charge >= 0.3 is 0 Å². The summed E-state index contributed by atoms with van der Waals surface area (Å²) in [6.45, 7) is 8.51. The van der Waals surface area contributed by atoms with E-state index in [-0.39, 0.29) is 0 Å². The number of anilines is 2. The second-order valence-electron chi connectivity index (χ2n) is 4.21. The molecule has 1 heterocycles. The quantitative estimate of drug-likeness (QED) is 0.738. The highest BCUT2D eigenvalue weighted by Gasteiger charge is 2.12. The molecule has 2 rings (SSSR count). The van der Waals surface area contributed by atoms with Gasteiger partial charge in [0.1, 0.15) is 0 Å². The Morgan fingerprint density at radius 2 is 1.63 bits per heavy atom. The van der Waals surface area contributed by atoms with Crippen LogP contribution in [0.25, 0.3) is 0 Å². The summed E-state index contributed by atoms with van der Waals surface area (Å²) in [7, 11) is 0. The van der Waals surface area contributed by atoms with Crippen LogP contribution in [0.5, 0.6) is 0 Å². The molecule has 19 heavy (non-hydrogen) atoms. The molecule has 1 saturated heterocycles. The van der Waals surface area contributed by atoms with Gasteiger partial charge < -0.3 is 9.64 Å². The van der Waals surface area contributed by atoms with Crippen molar-refractivity contribution >= 4 is 11.4 Å². The molecule has 0 bridgehead atoms. The minimum atomic E-state index is 0.575. The van der Waals surface area contributed by atoms with E-state index in [0.29, 0.717) is 13.2 Å². The molecule has 1 fully saturated rings. The third-order valence-electron chi connectivity index (χ3n) is 2.93. The van der Waals surface area contributed by atoms with Crippen LogP contribution in [0.15, 0.2) is 24.3 Å². The van der Waals surface area contributed by atoms with E-state index in [0.717, 1.165) is 32.0 Å². The van der Waals surface area contributed by atoms with Gasteiger partial charge in [-0.15, -0.1) is 5.23 Å². The van der Waals surface area contributed by atoms with Gasteiger partial charge in [0.25, 0.3) is 0 Å². The Kier molecular flexibility index (Phi) is 5.44. The molecule has 0 radical (unpaired) electrons. The van der Waals surface area contributed by atoms with Crippen LogP contribution in [0.3, 0.4) is 0 Å². The molecule has 0 spiro atoms. The van der Waals surface area contributed by atoms with Crippen molar-refractivity contribution in [1.82, 2.24) is 0 Å². The molecule has 0 aliphatic carbocycles. The van der Waals surface area contributed by atoms with Crippen LogP contribution in [-0.2, 0) is 14.4 Å². The standard InChI is InChI=1S/C14H22N2O3/c1-3-18-16(19-4-2)14-7-5-13(6-8-14)15-9-11-17-12-10-15/h5-8H,3-4,9-12H2,1-2H3. The first-order chi connectivity index (χ1) is 9.35. The van der Waals surface area contributed by atoms with Crippen molar-refractivity contribution in [3.63, 3.8) is 0 Å². The lowest BCUT2D eigenvalue weighted by atomic mass is 10.2. The molecule has 0 saturated carbocycles. The lowest BCUT2D eigenvalue weighted by molar-refractivity contribution is -0.0817. The summed E-state index contributed by atoms with van der Waals surface area (Å²) in [5.41, 5.74) is 2.11. The molecule has 1 aliphatic rings. The van der Waals surface area contributed by atoms with Gasteiger partial charge in [0.15, 0.2) is 0 Å². The highest BCUT2D eigenvalue weighted by Crippen LogP contribution is 2.22. The summed E-state index contributed by atoms with van der Waals surface area (Å²) in [6, 6.07) is 8.20. The normalized spacial score (nSPS) is 15.6. The van der Waals surface area contributed by atoms with Crippen LogP contribution in [0.4, 0.5) is 11.4 Å². The zero-order chi connectivity index (χ0) is 13.5. The van der Waals surface area contributed by atoms with Crippen molar-refractivity contribution in [2.75, 3.05) is 49.6 Å². The van der Waals surface area contributed by atoms with E-state index in [2.05, 4.69) is 17.0 Å². The van der Waals surface area contributed by atoms with Crippen molar-refractivity contribution in [1.29, 1.82) is 0 Å². The number of benzene rings is 1. The molecule has 0 N–H and O–H groups in total. The molecule has 0 amide bonds. The molecule has 106 valence electrons. The fourth-order valence-corrected chi connectivity index (χ4v) is 2.03. The molecular formula is C14H22N2O3. The van der Waals surface area contributed by atoms with E-state index in [9.17, 15) is 0 Å². The van der Waals surface area contributed by atoms with E-state index < -0.39 is 0 Å². The molecule has 0 aromatic heterocycles. The van der Waals surface area contributed by atoms with Crippen molar-refractivity contribution in [2.45, 2.75) is 13.8 Å². The number of nitrogens with zero attached hydrogens (tertiary/aromatic N) is 2. The lowest BCUT2D eigenvalue weighted by Gasteiger charge is -2.29. The van der Waals surface area contributed by atoms with Gasteiger partial charge in [-0.2, -0.15) is 0 Å². The van der Waals surface area contributed by atoms with E-state index >= 15 is 0 Å². The predicted octanol–water partition coefficient (Wildman–Crippen LogP) is 2.23. The Labute approximate surface area is 114 Å². The van der Waals surface area contributed by atoms with Crippen LogP contribution >= 0.6 is 0 Å². The first-order valence-corrected chi connectivity index (χ1v) is 6.84. The first kappa shape index (κ1) is 14.1. The Balaban J connectivity index is 2.03. The summed E-state index contributed by atoms with van der Waals surface area (Å²) in [5, 5.41) is 1.48. The van der Waals surface area contributed by atoms with Crippen molar-refractivity contribution in [3.05, 3.63) is 24.3 Å². The maximum Gasteiger partial charge on any atom is 0.0948 e. The van der Waals surface area contributed by atoms with E-state index in [1.807, 2.05) is 26.0 Å². The van der Waals surface area contributed by atoms with Crippen molar-refractivity contribution in [2.24, 2.45) is 0 Å². The summed E-state index contributed by atoms with van der Waals surface area (Å²) in [4.78, 5) is 13.2. The maximum atomic E-state index is 5.43. The Morgan fingerprint density at radius 1 is 1.05 bits per heavy atom. The Bertz CT molecular complexity index is 357. The lowest BCUT2D eigenvalue weighted by Crippen LogP contribution is -2.36. The number of ether oxygens (including phenoxy) is 1. The topological polar surface area (TPSA) is 34.2 Å². The van der Waals surface area contributed by atoms with E-state index in [1.54, 1.807) is 0 Å². The number of rotatable bonds is 6. The van der Waals surface area contributed by atoms with Gasteiger partial charge in [0, 0.05) is 18.8 Å². The molecule has 1 aromatic rings. The van der Waals surface area contributed by atoms with Crippen LogP contribution in [0.2, 0.25) is 0 Å². The third kappa shape index (κ3) is 3.83. The van der Waals surface area contributed by atoms with Gasteiger partial charge in [-0.3, -0.25) is 0 Å². The predicted molar refractivity (Wildman–Crippen MR) is 75.2 cm³/mol. The molecular weight excluding hydrogens is 244 g/mol. The van der Waals surface area contributed by atoms with Gasteiger partial charge in [-0.05, 0) is 38.1 Å². The zero-order valence-corrected chi connectivity index (χ0v) is 11.7. The zero-order valence-electron chi connectivity index (χ0n) is 11.7. The van der Waals surface area contributed by atoms with Crippen LogP contribution < -0.4 is 10.1 Å². The second kappa shape index (κ2) is 7.33. The largest absolute Gasteiger partial charge is 0.378 e. The fourth-order valence-electron chi connectivity index (χ4n) is 2.03. The van der Waals surface area contributed by atoms with Crippen LogP contribution in [0, 0.1) is 0 Å². The van der Waals surface area contributed by atoms with E-state index in [1.165, 1.54) is 10.9 Å². The first-order valence-electron chi connectivity index (χ1n) is 6.84. The monoisotopic (exact) mass is 266 g/mol. The van der Waals surface area contributed by atoms with Crippen molar-refractivity contribution in [3.8, 4) is 0 Å². The highest BCUT2D eigenvalue weighted by molar-refractivity contribution is 5.54. The summed E-state index contributed by atoms with van der Waals surface area (Å²) in [5.74, 6) is 0. The molecule has 5 nitrogen and oxygen atoms in total. The van der Waals surface area contributed by atoms with Gasteiger partial charge in [0.2, 0.25) is 0 Å². The molecule has 0 unspecified atom stereocenters. The minimum absolute atomic E-state index is 0.575. The van der Waals surface area contributed by atoms with Crippen LogP contribution in [-0.4, -0.2) is 39.5 Å². The average molecular weight is 266 g/mol. The Hall–Kier alpha value is -1.30. The summed E-state index contributed by atoms with van der Waals surface area (Å²) in [6.07, 6.45) is 0. The highest BCUT2D eigenvalue weighted by atomic mass is 16.9. The molecule has 1 aromatic carbocycles. The molecule has 0 atom stereocenters. The van der Waals surface area contributed by atoms with Gasteiger partial charge in [-0.25, -0.2) is 9.68 Å². The number of morpholine rings is 1. The molecule has 5 heteroatoms. The van der Waals surface area contributed by atoms with Gasteiger partial charge in [0.05, 0.1) is 32.1 Å². The number of hydrogen-bond donors (Lipinski definition) is 0. The summed E-state index contributed by atoms with van der Waals surface area (Å²) >= 11 is 0. The van der Waals surface area contributed by atoms with E-state index in [4.69, 9.17) is 14.4 Å². The maximum absolute atomic E-state index is 5.43. The van der Waals surface area contributed by atoms with Crippen LogP contribution in [0.1, 0.15) is 13.8 Å². The smallest absolute Gasteiger partial charge is 0.0948 e. The molecule has 1 aliphatic heterocycles. The summed E-state index contributed by atoms with van der Waals surface area (Å²) < 4.78 is 5.36. The minimum Gasteiger partial charge on any atom is -0.378 e. The Morgan fingerprint density at radius 3 is 2.16 bits per heavy atom. The average Bonchev–Trinajstić information content (AvgIpc) is 2.48. The fraction of sp³-hybridized carbons (Fsp3) is 0.571. The van der Waals surface area contributed by atoms with Gasteiger partial charge in [-0.1, -0.05) is 0 Å². The second-order valence-corrected chi connectivity index (χ2v) is 4.21.